The van der Waals surface area contributed by atoms with Crippen molar-refractivity contribution in [3.63, 3.8) is 0 Å². The molecule has 0 atom stereocenters. The molecular formula is C21H18N4O7S3. The summed E-state index contributed by atoms with van der Waals surface area (Å²) in [6.07, 6.45) is 1.35. The molecule has 2 heterocycles. The molecular weight excluding hydrogens is 516 g/mol. The second kappa shape index (κ2) is 9.28. The number of carbonyl (C=O) groups is 1. The molecule has 0 fully saturated rings. The maximum atomic E-state index is 12.5. The quantitative estimate of drug-likeness (QED) is 0.334. The van der Waals surface area contributed by atoms with Crippen LogP contribution in [-0.2, 0) is 24.7 Å². The molecule has 0 spiro atoms. The largest absolute Gasteiger partial charge is 0.497 e. The highest BCUT2D eigenvalue weighted by atomic mass is 32.2. The van der Waals surface area contributed by atoms with Gasteiger partial charge in [-0.25, -0.2) is 13.3 Å². The third-order valence-corrected chi connectivity index (χ3v) is 8.57. The van der Waals surface area contributed by atoms with Gasteiger partial charge >= 0.3 is 10.1 Å². The van der Waals surface area contributed by atoms with Crippen molar-refractivity contribution in [1.29, 1.82) is 5.41 Å². The molecule has 1 amide bonds. The Balaban J connectivity index is 1.56. The molecule has 35 heavy (non-hydrogen) atoms. The van der Waals surface area contributed by atoms with Crippen LogP contribution >= 0.6 is 11.9 Å². The monoisotopic (exact) mass is 534 g/mol. The molecule has 182 valence electrons. The Morgan fingerprint density at radius 1 is 1.03 bits per heavy atom. The molecule has 11 nitrogen and oxygen atoms in total. The van der Waals surface area contributed by atoms with Crippen LogP contribution < -0.4 is 8.92 Å². The number of methoxy groups -OCH3 is 1. The lowest BCUT2D eigenvalue weighted by Gasteiger charge is -2.24. The van der Waals surface area contributed by atoms with Gasteiger partial charge < -0.3 is 8.92 Å². The second-order valence-corrected chi connectivity index (χ2v) is 11.5. The molecule has 2 aromatic carbocycles. The lowest BCUT2D eigenvalue weighted by atomic mass is 10.1. The van der Waals surface area contributed by atoms with Crippen molar-refractivity contribution in [1.82, 2.24) is 4.90 Å². The van der Waals surface area contributed by atoms with E-state index in [1.807, 2.05) is 0 Å². The van der Waals surface area contributed by atoms with Gasteiger partial charge in [-0.2, -0.15) is 17.8 Å². The SMILES string of the molecule is CCS(=O)(=O)C1=NSC2=NC(=O)/C(=C\c3ccc(OS(=O)(=O)c4ccc(OC)cc4)cc3)C(=N)N21. The molecule has 0 saturated heterocycles. The number of amides is 1. The lowest BCUT2D eigenvalue weighted by molar-refractivity contribution is -0.114. The summed E-state index contributed by atoms with van der Waals surface area (Å²) < 4.78 is 63.7. The Bertz CT molecular complexity index is 1510. The van der Waals surface area contributed by atoms with Gasteiger partial charge in [-0.05, 0) is 48.0 Å². The minimum atomic E-state index is -4.08. The number of hydrogen-bond acceptors (Lipinski definition) is 10. The number of amidine groups is 3. The first kappa shape index (κ1) is 24.6. The highest BCUT2D eigenvalue weighted by Crippen LogP contribution is 2.30. The average Bonchev–Trinajstić information content (AvgIpc) is 3.27. The fourth-order valence-corrected chi connectivity index (χ4v) is 5.93. The summed E-state index contributed by atoms with van der Waals surface area (Å²) >= 11 is 0.715. The maximum Gasteiger partial charge on any atom is 0.339 e. The molecule has 4 rings (SSSR count). The molecule has 0 unspecified atom stereocenters. The highest BCUT2D eigenvalue weighted by Gasteiger charge is 2.42. The van der Waals surface area contributed by atoms with Gasteiger partial charge in [0.05, 0.1) is 30.4 Å². The molecule has 0 aliphatic carbocycles. The van der Waals surface area contributed by atoms with Gasteiger partial charge in [0.2, 0.25) is 20.2 Å². The fourth-order valence-electron chi connectivity index (χ4n) is 3.03. The number of benzene rings is 2. The molecule has 0 bridgehead atoms. The molecule has 0 radical (unpaired) electrons. The summed E-state index contributed by atoms with van der Waals surface area (Å²) in [5.41, 5.74) is 0.296. The van der Waals surface area contributed by atoms with Crippen LogP contribution in [0.2, 0.25) is 0 Å². The zero-order valence-corrected chi connectivity index (χ0v) is 20.8. The van der Waals surface area contributed by atoms with Gasteiger partial charge in [0.25, 0.3) is 5.91 Å². The number of carbonyl (C=O) groups excluding carboxylic acids is 1. The predicted molar refractivity (Wildman–Crippen MR) is 132 cm³/mol. The molecule has 1 N–H and O–H groups in total. The van der Waals surface area contributed by atoms with Gasteiger partial charge in [-0.15, -0.1) is 0 Å². The van der Waals surface area contributed by atoms with Crippen LogP contribution in [0, 0.1) is 5.41 Å². The summed E-state index contributed by atoms with van der Waals surface area (Å²) in [5.74, 6) is -0.784. The van der Waals surface area contributed by atoms with E-state index in [0.717, 1.165) is 4.90 Å². The van der Waals surface area contributed by atoms with Crippen LogP contribution in [0.1, 0.15) is 12.5 Å². The van der Waals surface area contributed by atoms with Crippen molar-refractivity contribution in [2.75, 3.05) is 12.9 Å². The molecule has 14 heteroatoms. The Hall–Kier alpha value is -3.49. The Kier molecular flexibility index (Phi) is 6.53. The number of sulfone groups is 1. The van der Waals surface area contributed by atoms with E-state index in [-0.39, 0.29) is 38.1 Å². The van der Waals surface area contributed by atoms with Crippen molar-refractivity contribution in [3.05, 3.63) is 59.7 Å². The van der Waals surface area contributed by atoms with Crippen molar-refractivity contribution in [2.24, 2.45) is 9.39 Å². The third-order valence-electron chi connectivity index (χ3n) is 4.90. The van der Waals surface area contributed by atoms with Crippen molar-refractivity contribution in [3.8, 4) is 11.5 Å². The van der Waals surface area contributed by atoms with Crippen LogP contribution in [0.3, 0.4) is 0 Å². The van der Waals surface area contributed by atoms with E-state index in [2.05, 4.69) is 9.39 Å². The zero-order chi connectivity index (χ0) is 25.4. The van der Waals surface area contributed by atoms with Gasteiger partial charge in [-0.3, -0.25) is 10.2 Å². The minimum absolute atomic E-state index is 0.00309. The standard InChI is InChI=1S/C21H18N4O7S3/c1-3-34(27,28)21-24-33-20-23-19(26)17(18(22)25(20)21)12-13-4-6-15(7-5-13)32-35(29,30)16-10-8-14(31-2)9-11-16/h4-12,22H,3H2,1-2H3/b17-12-,22-18?. The third kappa shape index (κ3) is 4.85. The second-order valence-electron chi connectivity index (χ2n) is 7.09. The molecule has 0 aromatic heterocycles. The normalized spacial score (nSPS) is 17.2. The van der Waals surface area contributed by atoms with Crippen LogP contribution in [0.15, 0.2) is 68.4 Å². The van der Waals surface area contributed by atoms with E-state index in [4.69, 9.17) is 14.3 Å². The van der Waals surface area contributed by atoms with E-state index in [9.17, 15) is 21.6 Å². The van der Waals surface area contributed by atoms with Crippen LogP contribution in [0.4, 0.5) is 0 Å². The number of nitrogens with zero attached hydrogens (tertiary/aromatic N) is 3. The van der Waals surface area contributed by atoms with Gasteiger partial charge in [0.15, 0.2) is 0 Å². The Labute approximate surface area is 205 Å². The van der Waals surface area contributed by atoms with Crippen molar-refractivity contribution >= 4 is 60.1 Å². The zero-order valence-electron chi connectivity index (χ0n) is 18.3. The van der Waals surface area contributed by atoms with E-state index < -0.39 is 25.9 Å². The number of hydrogen-bond donors (Lipinski definition) is 1. The Morgan fingerprint density at radius 2 is 1.66 bits per heavy atom. The number of rotatable bonds is 6. The minimum Gasteiger partial charge on any atom is -0.497 e. The summed E-state index contributed by atoms with van der Waals surface area (Å²) in [6.45, 7) is 1.45. The first-order valence-electron chi connectivity index (χ1n) is 9.96. The first-order chi connectivity index (χ1) is 16.6. The fraction of sp³-hybridized carbons (Fsp3) is 0.143. The number of ether oxygens (including phenoxy) is 1. The van der Waals surface area contributed by atoms with Crippen molar-refractivity contribution < 1.29 is 30.6 Å². The number of fused-ring (bicyclic) bond motifs is 1. The van der Waals surface area contributed by atoms with Crippen LogP contribution in [0.25, 0.3) is 6.08 Å². The number of aliphatic imine (C=N–C) groups is 1. The van der Waals surface area contributed by atoms with Gasteiger partial charge in [0.1, 0.15) is 22.2 Å². The summed E-state index contributed by atoms with van der Waals surface area (Å²) in [6, 6.07) is 11.5. The van der Waals surface area contributed by atoms with E-state index in [0.29, 0.717) is 23.3 Å². The van der Waals surface area contributed by atoms with Gasteiger partial charge in [0, 0.05) is 0 Å². The smallest absolute Gasteiger partial charge is 0.339 e. The van der Waals surface area contributed by atoms with E-state index in [1.54, 1.807) is 0 Å². The lowest BCUT2D eigenvalue weighted by Crippen LogP contribution is -2.45. The van der Waals surface area contributed by atoms with E-state index >= 15 is 0 Å². The maximum absolute atomic E-state index is 12.5. The topological polar surface area (TPSA) is 156 Å². The summed E-state index contributed by atoms with van der Waals surface area (Å²) in [5, 5.41) is 8.06. The van der Waals surface area contributed by atoms with Crippen LogP contribution in [0.5, 0.6) is 11.5 Å². The highest BCUT2D eigenvalue weighted by molar-refractivity contribution is 8.16. The molecule has 2 aromatic rings. The van der Waals surface area contributed by atoms with Crippen molar-refractivity contribution in [2.45, 2.75) is 11.8 Å². The molecule has 2 aliphatic heterocycles. The summed E-state index contributed by atoms with van der Waals surface area (Å²) in [7, 11) is -6.37. The molecule has 0 saturated carbocycles. The van der Waals surface area contributed by atoms with E-state index in [1.165, 1.54) is 68.6 Å². The van der Waals surface area contributed by atoms with Crippen LogP contribution in [-0.4, -0.2) is 56.7 Å². The number of nitrogens with one attached hydrogen (secondary N) is 1. The summed E-state index contributed by atoms with van der Waals surface area (Å²) in [4.78, 5) is 17.3. The average molecular weight is 535 g/mol. The van der Waals surface area contributed by atoms with Gasteiger partial charge in [-0.1, -0.05) is 19.1 Å². The predicted octanol–water partition coefficient (Wildman–Crippen LogP) is 2.47. The molecule has 2 aliphatic rings. The Morgan fingerprint density at radius 3 is 2.26 bits per heavy atom. The first-order valence-corrected chi connectivity index (χ1v) is 13.8.